The van der Waals surface area contributed by atoms with E-state index in [4.69, 9.17) is 51.1 Å². The lowest BCUT2D eigenvalue weighted by Crippen LogP contribution is -2.35. The quantitative estimate of drug-likeness (QED) is 0.410. The standard InChI is InChI=1S/C15H16Cl4O3/c1-9(20)12(14(21)22-2)13(10-6-4-3-5-7-10)11(16)8-15(17,18)19/h3-7,11-13H,8H2,1-2H3. The number of esters is 1. The molecule has 122 valence electrons. The number of alkyl halides is 4. The van der Waals surface area contributed by atoms with Gasteiger partial charge in [0.15, 0.2) is 3.79 Å². The van der Waals surface area contributed by atoms with Crippen molar-refractivity contribution in [1.29, 1.82) is 0 Å². The van der Waals surface area contributed by atoms with Crippen LogP contribution in [0.2, 0.25) is 0 Å². The Morgan fingerprint density at radius 3 is 2.14 bits per heavy atom. The second-order valence-electron chi connectivity index (χ2n) is 4.88. The van der Waals surface area contributed by atoms with Gasteiger partial charge in [-0.2, -0.15) is 0 Å². The van der Waals surface area contributed by atoms with E-state index in [9.17, 15) is 9.59 Å². The number of rotatable bonds is 6. The van der Waals surface area contributed by atoms with Crippen LogP contribution < -0.4 is 0 Å². The fourth-order valence-electron chi connectivity index (χ4n) is 2.33. The lowest BCUT2D eigenvalue weighted by molar-refractivity contribution is -0.150. The molecule has 0 aromatic heterocycles. The Hall–Kier alpha value is -0.480. The van der Waals surface area contributed by atoms with Crippen LogP contribution in [0, 0.1) is 5.92 Å². The molecule has 3 atom stereocenters. The Bertz CT molecular complexity index is 513. The minimum atomic E-state index is -1.59. The molecule has 1 rings (SSSR count). The number of carbonyl (C=O) groups is 2. The fraction of sp³-hybridized carbons (Fsp3) is 0.467. The monoisotopic (exact) mass is 384 g/mol. The van der Waals surface area contributed by atoms with Gasteiger partial charge < -0.3 is 4.74 Å². The molecule has 0 saturated carbocycles. The molecule has 0 aliphatic carbocycles. The van der Waals surface area contributed by atoms with Crippen molar-refractivity contribution in [2.75, 3.05) is 7.11 Å². The molecule has 3 unspecified atom stereocenters. The molecule has 0 N–H and O–H groups in total. The predicted octanol–water partition coefficient (Wildman–Crippen LogP) is 4.52. The van der Waals surface area contributed by atoms with E-state index < -0.39 is 27.0 Å². The molecular formula is C15H16Cl4O3. The van der Waals surface area contributed by atoms with Crippen LogP contribution in [0.25, 0.3) is 0 Å². The van der Waals surface area contributed by atoms with E-state index in [0.717, 1.165) is 0 Å². The normalized spacial score (nSPS) is 15.7. The number of methoxy groups -OCH3 is 1. The molecule has 0 saturated heterocycles. The zero-order valence-electron chi connectivity index (χ0n) is 12.1. The Balaban J connectivity index is 3.26. The summed E-state index contributed by atoms with van der Waals surface area (Å²) < 4.78 is 3.15. The highest BCUT2D eigenvalue weighted by Gasteiger charge is 2.41. The van der Waals surface area contributed by atoms with E-state index >= 15 is 0 Å². The minimum Gasteiger partial charge on any atom is -0.468 e. The van der Waals surface area contributed by atoms with Gasteiger partial charge in [0.2, 0.25) is 0 Å². The molecule has 0 heterocycles. The maximum Gasteiger partial charge on any atom is 0.316 e. The first-order chi connectivity index (χ1) is 10.2. The summed E-state index contributed by atoms with van der Waals surface area (Å²) in [5, 5.41) is -0.733. The summed E-state index contributed by atoms with van der Waals surface area (Å²) in [5.74, 6) is -2.71. The third-order valence-corrected chi connectivity index (χ3v) is 4.14. The zero-order valence-corrected chi connectivity index (χ0v) is 15.1. The first-order valence-corrected chi connectivity index (χ1v) is 8.08. The van der Waals surface area contributed by atoms with Gasteiger partial charge >= 0.3 is 5.97 Å². The Kier molecular flexibility index (Phi) is 7.47. The van der Waals surface area contributed by atoms with E-state index in [-0.39, 0.29) is 12.2 Å². The van der Waals surface area contributed by atoms with Crippen molar-refractivity contribution in [2.24, 2.45) is 5.92 Å². The third-order valence-electron chi connectivity index (χ3n) is 3.25. The van der Waals surface area contributed by atoms with Crippen LogP contribution in [0.5, 0.6) is 0 Å². The number of ketones is 1. The molecule has 1 aromatic rings. The van der Waals surface area contributed by atoms with Crippen molar-refractivity contribution in [2.45, 2.75) is 28.4 Å². The summed E-state index contributed by atoms with van der Waals surface area (Å²) in [6.45, 7) is 1.32. The van der Waals surface area contributed by atoms with Crippen molar-refractivity contribution >= 4 is 58.2 Å². The molecule has 0 fully saturated rings. The Labute approximate surface area is 149 Å². The van der Waals surface area contributed by atoms with Gasteiger partial charge in [0, 0.05) is 17.7 Å². The molecule has 1 aromatic carbocycles. The highest BCUT2D eigenvalue weighted by atomic mass is 35.6. The number of benzene rings is 1. The minimum absolute atomic E-state index is 0.0143. The number of hydrogen-bond acceptors (Lipinski definition) is 3. The van der Waals surface area contributed by atoms with Crippen LogP contribution in [0.1, 0.15) is 24.8 Å². The zero-order chi connectivity index (χ0) is 16.9. The molecular weight excluding hydrogens is 370 g/mol. The molecule has 0 spiro atoms. The summed E-state index contributed by atoms with van der Waals surface area (Å²) in [4.78, 5) is 24.0. The molecule has 0 radical (unpaired) electrons. The number of carbonyl (C=O) groups excluding carboxylic acids is 2. The van der Waals surface area contributed by atoms with Crippen molar-refractivity contribution in [3.8, 4) is 0 Å². The molecule has 3 nitrogen and oxygen atoms in total. The van der Waals surface area contributed by atoms with Gasteiger partial charge in [-0.05, 0) is 12.5 Å². The molecule has 0 aliphatic rings. The molecule has 0 bridgehead atoms. The molecule has 7 heteroatoms. The summed E-state index contributed by atoms with van der Waals surface area (Å²) in [7, 11) is 1.22. The van der Waals surface area contributed by atoms with Crippen LogP contribution in [0.3, 0.4) is 0 Å². The number of halogens is 4. The lowest BCUT2D eigenvalue weighted by atomic mass is 9.80. The maximum atomic E-state index is 12.0. The largest absolute Gasteiger partial charge is 0.468 e. The molecule has 0 amide bonds. The van der Waals surface area contributed by atoms with Crippen LogP contribution in [0.4, 0.5) is 0 Å². The fourth-order valence-corrected chi connectivity index (χ4v) is 3.58. The highest BCUT2D eigenvalue weighted by Crippen LogP contribution is 2.41. The summed E-state index contributed by atoms with van der Waals surface area (Å²) in [5.41, 5.74) is 0.711. The molecule has 22 heavy (non-hydrogen) atoms. The van der Waals surface area contributed by atoms with E-state index in [1.165, 1.54) is 14.0 Å². The third kappa shape index (κ3) is 5.62. The second kappa shape index (κ2) is 8.39. The van der Waals surface area contributed by atoms with Gasteiger partial charge in [-0.25, -0.2) is 0 Å². The van der Waals surface area contributed by atoms with Gasteiger partial charge in [0.05, 0.1) is 7.11 Å². The first-order valence-electron chi connectivity index (χ1n) is 6.51. The second-order valence-corrected chi connectivity index (χ2v) is 7.96. The van der Waals surface area contributed by atoms with Gasteiger partial charge in [-0.3, -0.25) is 9.59 Å². The lowest BCUT2D eigenvalue weighted by Gasteiger charge is -2.29. The Morgan fingerprint density at radius 1 is 1.18 bits per heavy atom. The van der Waals surface area contributed by atoms with Crippen LogP contribution in [0.15, 0.2) is 30.3 Å². The Morgan fingerprint density at radius 2 is 1.73 bits per heavy atom. The summed E-state index contributed by atoms with van der Waals surface area (Å²) >= 11 is 23.8. The number of hydrogen-bond donors (Lipinski definition) is 0. The van der Waals surface area contributed by atoms with Gasteiger partial charge in [0.25, 0.3) is 0 Å². The van der Waals surface area contributed by atoms with Gasteiger partial charge in [0.1, 0.15) is 11.7 Å². The van der Waals surface area contributed by atoms with E-state index in [1.54, 1.807) is 24.3 Å². The van der Waals surface area contributed by atoms with E-state index in [1.807, 2.05) is 6.07 Å². The highest BCUT2D eigenvalue weighted by molar-refractivity contribution is 6.67. The predicted molar refractivity (Wildman–Crippen MR) is 89.9 cm³/mol. The first kappa shape index (κ1) is 19.6. The van der Waals surface area contributed by atoms with E-state index in [0.29, 0.717) is 5.56 Å². The number of ether oxygens (including phenoxy) is 1. The maximum absolute atomic E-state index is 12.0. The average molecular weight is 386 g/mol. The summed E-state index contributed by atoms with van der Waals surface area (Å²) in [6.07, 6.45) is -0.0143. The smallest absolute Gasteiger partial charge is 0.316 e. The SMILES string of the molecule is COC(=O)C(C(C)=O)C(c1ccccc1)C(Cl)CC(Cl)(Cl)Cl. The van der Waals surface area contributed by atoms with Crippen molar-refractivity contribution < 1.29 is 14.3 Å². The van der Waals surface area contributed by atoms with E-state index in [2.05, 4.69) is 0 Å². The van der Waals surface area contributed by atoms with Gasteiger partial charge in [-0.15, -0.1) is 11.6 Å². The van der Waals surface area contributed by atoms with Crippen LogP contribution in [-0.2, 0) is 14.3 Å². The van der Waals surface area contributed by atoms with Crippen molar-refractivity contribution in [1.82, 2.24) is 0 Å². The average Bonchev–Trinajstić information content (AvgIpc) is 2.42. The summed E-state index contributed by atoms with van der Waals surface area (Å²) in [6, 6.07) is 8.94. The molecule has 0 aliphatic heterocycles. The van der Waals surface area contributed by atoms with Crippen LogP contribution in [-0.4, -0.2) is 28.0 Å². The van der Waals surface area contributed by atoms with Crippen molar-refractivity contribution in [3.63, 3.8) is 0 Å². The van der Waals surface area contributed by atoms with Crippen LogP contribution >= 0.6 is 46.4 Å². The topological polar surface area (TPSA) is 43.4 Å². The number of Topliss-reactive ketones (excluding diaryl/α,β-unsaturated/α-hetero) is 1. The van der Waals surface area contributed by atoms with Gasteiger partial charge in [-0.1, -0.05) is 65.1 Å². The van der Waals surface area contributed by atoms with Crippen molar-refractivity contribution in [3.05, 3.63) is 35.9 Å².